The average molecular weight is 259 g/mol. The lowest BCUT2D eigenvalue weighted by atomic mass is 10.2. The zero-order valence-corrected chi connectivity index (χ0v) is 10.9. The molecule has 104 valence electrons. The minimum atomic E-state index is -0.830. The molecule has 0 radical (unpaired) electrons. The topological polar surface area (TPSA) is 98.7 Å². The second-order valence-electron chi connectivity index (χ2n) is 3.93. The van der Waals surface area contributed by atoms with Crippen molar-refractivity contribution in [2.45, 2.75) is 25.7 Å². The molecule has 0 aromatic carbocycles. The van der Waals surface area contributed by atoms with Crippen molar-refractivity contribution in [3.8, 4) is 0 Å². The highest BCUT2D eigenvalue weighted by molar-refractivity contribution is 5.77. The number of amides is 3. The van der Waals surface area contributed by atoms with Gasteiger partial charge in [-0.2, -0.15) is 0 Å². The van der Waals surface area contributed by atoms with Crippen LogP contribution in [0.4, 0.5) is 4.79 Å². The Balaban J connectivity index is 3.62. The van der Waals surface area contributed by atoms with E-state index in [1.165, 1.54) is 4.90 Å². The summed E-state index contributed by atoms with van der Waals surface area (Å²) in [5.41, 5.74) is 0. The predicted molar refractivity (Wildman–Crippen MR) is 66.2 cm³/mol. The van der Waals surface area contributed by atoms with Crippen LogP contribution < -0.4 is 10.6 Å². The van der Waals surface area contributed by atoms with Gasteiger partial charge < -0.3 is 20.6 Å². The Morgan fingerprint density at radius 3 is 2.39 bits per heavy atom. The van der Waals surface area contributed by atoms with Crippen LogP contribution in [0.3, 0.4) is 0 Å². The Morgan fingerprint density at radius 2 is 1.83 bits per heavy atom. The van der Waals surface area contributed by atoms with Gasteiger partial charge in [0.15, 0.2) is 0 Å². The van der Waals surface area contributed by atoms with Crippen molar-refractivity contribution in [2.24, 2.45) is 0 Å². The quantitative estimate of drug-likeness (QED) is 0.535. The van der Waals surface area contributed by atoms with Gasteiger partial charge in [-0.15, -0.1) is 0 Å². The van der Waals surface area contributed by atoms with Gasteiger partial charge in [-0.3, -0.25) is 9.59 Å². The molecule has 7 heteroatoms. The number of nitrogens with one attached hydrogen (secondary N) is 2. The van der Waals surface area contributed by atoms with Gasteiger partial charge in [-0.25, -0.2) is 4.79 Å². The third-order valence-corrected chi connectivity index (χ3v) is 2.39. The Kier molecular flexibility index (Phi) is 8.34. The fourth-order valence-corrected chi connectivity index (χ4v) is 1.23. The molecular weight excluding hydrogens is 238 g/mol. The summed E-state index contributed by atoms with van der Waals surface area (Å²) < 4.78 is 0. The first kappa shape index (κ1) is 16.2. The zero-order valence-electron chi connectivity index (χ0n) is 10.9. The molecule has 0 aromatic heterocycles. The van der Waals surface area contributed by atoms with Crippen LogP contribution in [0.15, 0.2) is 0 Å². The summed E-state index contributed by atoms with van der Waals surface area (Å²) in [7, 11) is 3.15. The third kappa shape index (κ3) is 8.37. The molecule has 0 heterocycles. The number of aliphatic carboxylic acids is 1. The van der Waals surface area contributed by atoms with E-state index in [0.717, 1.165) is 0 Å². The number of carboxylic acid groups (broad SMARTS) is 1. The first-order valence-electron chi connectivity index (χ1n) is 5.88. The summed E-state index contributed by atoms with van der Waals surface area (Å²) >= 11 is 0. The summed E-state index contributed by atoms with van der Waals surface area (Å²) in [6.45, 7) is 0.789. The monoisotopic (exact) mass is 259 g/mol. The Hall–Kier alpha value is -1.79. The molecule has 18 heavy (non-hydrogen) atoms. The van der Waals surface area contributed by atoms with Gasteiger partial charge in [-0.05, 0) is 12.8 Å². The first-order chi connectivity index (χ1) is 8.47. The van der Waals surface area contributed by atoms with Gasteiger partial charge in [-0.1, -0.05) is 0 Å². The minimum Gasteiger partial charge on any atom is -0.481 e. The lowest BCUT2D eigenvalue weighted by Gasteiger charge is -2.17. The van der Waals surface area contributed by atoms with E-state index in [-0.39, 0.29) is 24.8 Å². The second kappa shape index (κ2) is 9.26. The lowest BCUT2D eigenvalue weighted by Crippen LogP contribution is -2.39. The van der Waals surface area contributed by atoms with Gasteiger partial charge in [0.05, 0.1) is 0 Å². The van der Waals surface area contributed by atoms with Crippen molar-refractivity contribution in [3.05, 3.63) is 0 Å². The van der Waals surface area contributed by atoms with E-state index in [1.807, 2.05) is 0 Å². The minimum absolute atomic E-state index is 0.113. The molecule has 0 saturated heterocycles. The van der Waals surface area contributed by atoms with E-state index in [2.05, 4.69) is 10.6 Å². The molecule has 0 bridgehead atoms. The second-order valence-corrected chi connectivity index (χ2v) is 3.93. The van der Waals surface area contributed by atoms with Crippen molar-refractivity contribution in [3.63, 3.8) is 0 Å². The van der Waals surface area contributed by atoms with Crippen LogP contribution in [0, 0.1) is 0 Å². The smallest absolute Gasteiger partial charge is 0.317 e. The summed E-state index contributed by atoms with van der Waals surface area (Å²) in [4.78, 5) is 34.2. The zero-order chi connectivity index (χ0) is 14.0. The third-order valence-electron chi connectivity index (χ3n) is 2.39. The lowest BCUT2D eigenvalue weighted by molar-refractivity contribution is -0.137. The summed E-state index contributed by atoms with van der Waals surface area (Å²) in [6, 6.07) is -0.255. The van der Waals surface area contributed by atoms with Gasteiger partial charge in [0.2, 0.25) is 5.91 Å². The van der Waals surface area contributed by atoms with Crippen LogP contribution in [0.5, 0.6) is 0 Å². The Bertz CT molecular complexity index is 294. The van der Waals surface area contributed by atoms with Crippen LogP contribution in [0.1, 0.15) is 25.7 Å². The van der Waals surface area contributed by atoms with Crippen LogP contribution in [-0.2, 0) is 9.59 Å². The molecule has 0 aliphatic heterocycles. The molecule has 0 unspecified atom stereocenters. The van der Waals surface area contributed by atoms with Gasteiger partial charge >= 0.3 is 12.0 Å². The maximum atomic E-state index is 11.5. The molecule has 7 nitrogen and oxygen atoms in total. The van der Waals surface area contributed by atoms with Crippen LogP contribution in [0.25, 0.3) is 0 Å². The Labute approximate surface area is 107 Å². The maximum Gasteiger partial charge on any atom is 0.317 e. The molecule has 0 rings (SSSR count). The number of nitrogens with zero attached hydrogens (tertiary/aromatic N) is 1. The van der Waals surface area contributed by atoms with Crippen molar-refractivity contribution in [1.82, 2.24) is 15.5 Å². The number of urea groups is 1. The highest BCUT2D eigenvalue weighted by atomic mass is 16.4. The SMILES string of the molecule is CNC(=O)CCN(C)C(=O)NCCCCC(=O)O. The van der Waals surface area contributed by atoms with E-state index in [0.29, 0.717) is 25.9 Å². The van der Waals surface area contributed by atoms with Gasteiger partial charge in [0.25, 0.3) is 0 Å². The number of hydrogen-bond donors (Lipinski definition) is 3. The number of rotatable bonds is 8. The van der Waals surface area contributed by atoms with Gasteiger partial charge in [0.1, 0.15) is 0 Å². The first-order valence-corrected chi connectivity index (χ1v) is 5.88. The number of carbonyl (C=O) groups is 3. The van der Waals surface area contributed by atoms with Crippen molar-refractivity contribution in [2.75, 3.05) is 27.2 Å². The molecule has 0 saturated carbocycles. The highest BCUT2D eigenvalue weighted by Crippen LogP contribution is 1.94. The molecule has 3 amide bonds. The maximum absolute atomic E-state index is 11.5. The normalized spacial score (nSPS) is 9.67. The van der Waals surface area contributed by atoms with E-state index in [1.54, 1.807) is 14.1 Å². The molecule has 0 aliphatic carbocycles. The van der Waals surface area contributed by atoms with E-state index >= 15 is 0 Å². The highest BCUT2D eigenvalue weighted by Gasteiger charge is 2.09. The molecule has 3 N–H and O–H groups in total. The molecule has 0 atom stereocenters. The van der Waals surface area contributed by atoms with Crippen molar-refractivity contribution >= 4 is 17.9 Å². The molecule has 0 aromatic rings. The largest absolute Gasteiger partial charge is 0.481 e. The van der Waals surface area contributed by atoms with E-state index < -0.39 is 5.97 Å². The summed E-state index contributed by atoms with van der Waals surface area (Å²) in [6.07, 6.45) is 1.54. The summed E-state index contributed by atoms with van der Waals surface area (Å²) in [5, 5.41) is 13.6. The molecular formula is C11H21N3O4. The van der Waals surface area contributed by atoms with Crippen LogP contribution >= 0.6 is 0 Å². The average Bonchev–Trinajstić information content (AvgIpc) is 2.34. The van der Waals surface area contributed by atoms with Crippen molar-refractivity contribution < 1.29 is 19.5 Å². The molecule has 0 fully saturated rings. The molecule has 0 aliphatic rings. The standard InChI is InChI=1S/C11H21N3O4/c1-12-9(15)6-8-14(2)11(18)13-7-4-3-5-10(16)17/h3-8H2,1-2H3,(H,12,15)(H,13,18)(H,16,17). The van der Waals surface area contributed by atoms with E-state index in [4.69, 9.17) is 5.11 Å². The number of hydrogen-bond acceptors (Lipinski definition) is 3. The summed E-state index contributed by atoms with van der Waals surface area (Å²) in [5.74, 6) is -0.944. The van der Waals surface area contributed by atoms with Crippen LogP contribution in [-0.4, -0.2) is 55.1 Å². The fourth-order valence-electron chi connectivity index (χ4n) is 1.23. The fraction of sp³-hybridized carbons (Fsp3) is 0.727. The number of carboxylic acids is 1. The van der Waals surface area contributed by atoms with Crippen molar-refractivity contribution in [1.29, 1.82) is 0 Å². The Morgan fingerprint density at radius 1 is 1.17 bits per heavy atom. The van der Waals surface area contributed by atoms with Crippen LogP contribution in [0.2, 0.25) is 0 Å². The number of carbonyl (C=O) groups excluding carboxylic acids is 2. The van der Waals surface area contributed by atoms with Gasteiger partial charge in [0, 0.05) is 40.0 Å². The number of unbranched alkanes of at least 4 members (excludes halogenated alkanes) is 1. The predicted octanol–water partition coefficient (Wildman–Crippen LogP) is 0.0188. The van der Waals surface area contributed by atoms with E-state index in [9.17, 15) is 14.4 Å². The molecule has 0 spiro atoms.